The predicted molar refractivity (Wildman–Crippen MR) is 95.5 cm³/mol. The molecule has 122 valence electrons. The van der Waals surface area contributed by atoms with E-state index < -0.39 is 0 Å². The molecule has 0 saturated carbocycles. The van der Waals surface area contributed by atoms with Gasteiger partial charge in [0, 0.05) is 24.1 Å². The van der Waals surface area contributed by atoms with Crippen molar-refractivity contribution in [2.24, 2.45) is 11.8 Å². The number of carbonyl (C=O) groups is 1. The van der Waals surface area contributed by atoms with Crippen LogP contribution in [0, 0.1) is 11.8 Å². The van der Waals surface area contributed by atoms with Crippen molar-refractivity contribution < 1.29 is 4.79 Å². The van der Waals surface area contributed by atoms with E-state index in [0.29, 0.717) is 17.1 Å². The molecule has 22 heavy (non-hydrogen) atoms. The summed E-state index contributed by atoms with van der Waals surface area (Å²) in [6, 6.07) is 5.32. The highest BCUT2D eigenvalue weighted by Crippen LogP contribution is 2.22. The lowest BCUT2D eigenvalue weighted by atomic mass is 9.92. The molecular weight excluding hydrogens is 364 g/mol. The van der Waals surface area contributed by atoms with Crippen LogP contribution in [-0.4, -0.2) is 37.0 Å². The van der Waals surface area contributed by atoms with Crippen LogP contribution in [0.2, 0.25) is 5.02 Å². The monoisotopic (exact) mass is 386 g/mol. The molecule has 0 radical (unpaired) electrons. The molecule has 1 aromatic rings. The molecule has 1 N–H and O–H groups in total. The first-order valence-electron chi connectivity index (χ1n) is 7.91. The SMILES string of the molecule is CC1CC(C)CN(CCCNC(=O)c2cc(Br)ccc2Cl)C1. The molecule has 0 bridgehead atoms. The molecule has 1 heterocycles. The number of amides is 1. The second kappa shape index (κ2) is 8.32. The van der Waals surface area contributed by atoms with Crippen molar-refractivity contribution in [2.45, 2.75) is 26.7 Å². The number of carbonyl (C=O) groups excluding carboxylic acids is 1. The Hall–Kier alpha value is -0.580. The predicted octanol–water partition coefficient (Wildman–Crippen LogP) is 4.20. The summed E-state index contributed by atoms with van der Waals surface area (Å²) in [6.45, 7) is 8.72. The molecule has 2 unspecified atom stereocenters. The van der Waals surface area contributed by atoms with Gasteiger partial charge in [-0.15, -0.1) is 0 Å². The molecule has 1 amide bonds. The van der Waals surface area contributed by atoms with Crippen molar-refractivity contribution in [1.29, 1.82) is 0 Å². The van der Waals surface area contributed by atoms with Crippen molar-refractivity contribution >= 4 is 33.4 Å². The summed E-state index contributed by atoms with van der Waals surface area (Å²) in [5, 5.41) is 3.44. The standard InChI is InChI=1S/C17H24BrClN2O/c1-12-8-13(2)11-21(10-12)7-3-6-20-17(22)15-9-14(18)4-5-16(15)19/h4-5,9,12-13H,3,6-8,10-11H2,1-2H3,(H,20,22). The zero-order chi connectivity index (χ0) is 16.1. The number of likely N-dealkylation sites (tertiary alicyclic amines) is 1. The number of halogens is 2. The largest absolute Gasteiger partial charge is 0.352 e. The molecule has 1 aliphatic heterocycles. The number of hydrogen-bond donors (Lipinski definition) is 1. The molecule has 0 spiro atoms. The summed E-state index contributed by atoms with van der Waals surface area (Å²) < 4.78 is 0.860. The average Bonchev–Trinajstić information content (AvgIpc) is 2.45. The van der Waals surface area contributed by atoms with Crippen LogP contribution in [0.1, 0.15) is 37.0 Å². The Kier molecular flexibility index (Phi) is 6.72. The van der Waals surface area contributed by atoms with Gasteiger partial charge in [-0.2, -0.15) is 0 Å². The second-order valence-corrected chi connectivity index (χ2v) is 7.76. The van der Waals surface area contributed by atoms with Gasteiger partial charge in [0.25, 0.3) is 5.91 Å². The van der Waals surface area contributed by atoms with E-state index in [9.17, 15) is 4.79 Å². The molecule has 3 nitrogen and oxygen atoms in total. The lowest BCUT2D eigenvalue weighted by molar-refractivity contribution is 0.0947. The van der Waals surface area contributed by atoms with Crippen molar-refractivity contribution in [1.82, 2.24) is 10.2 Å². The van der Waals surface area contributed by atoms with Crippen LogP contribution in [0.5, 0.6) is 0 Å². The molecular formula is C17H24BrClN2O. The van der Waals surface area contributed by atoms with Gasteiger partial charge in [0.2, 0.25) is 0 Å². The minimum Gasteiger partial charge on any atom is -0.352 e. The third-order valence-electron chi connectivity index (χ3n) is 4.05. The number of nitrogens with one attached hydrogen (secondary N) is 1. The van der Waals surface area contributed by atoms with E-state index >= 15 is 0 Å². The van der Waals surface area contributed by atoms with E-state index in [1.165, 1.54) is 19.5 Å². The third kappa shape index (κ3) is 5.25. The lowest BCUT2D eigenvalue weighted by Gasteiger charge is -2.34. The van der Waals surface area contributed by atoms with E-state index in [2.05, 4.69) is 40.0 Å². The van der Waals surface area contributed by atoms with Gasteiger partial charge in [-0.05, 0) is 49.4 Å². The topological polar surface area (TPSA) is 32.3 Å². The maximum Gasteiger partial charge on any atom is 0.252 e. The van der Waals surface area contributed by atoms with Gasteiger partial charge >= 0.3 is 0 Å². The number of hydrogen-bond acceptors (Lipinski definition) is 2. The Morgan fingerprint density at radius 2 is 2.05 bits per heavy atom. The molecule has 1 aliphatic rings. The molecule has 0 aromatic heterocycles. The molecule has 1 fully saturated rings. The Balaban J connectivity index is 1.74. The van der Waals surface area contributed by atoms with Gasteiger partial charge in [0.15, 0.2) is 0 Å². The maximum atomic E-state index is 12.1. The number of benzene rings is 1. The van der Waals surface area contributed by atoms with Gasteiger partial charge in [-0.25, -0.2) is 0 Å². The van der Waals surface area contributed by atoms with Gasteiger partial charge < -0.3 is 10.2 Å². The summed E-state index contributed by atoms with van der Waals surface area (Å²) >= 11 is 9.43. The Bertz CT molecular complexity index is 513. The fourth-order valence-electron chi connectivity index (χ4n) is 3.25. The molecule has 0 aliphatic carbocycles. The van der Waals surface area contributed by atoms with Crippen LogP contribution in [0.15, 0.2) is 22.7 Å². The van der Waals surface area contributed by atoms with Crippen molar-refractivity contribution in [2.75, 3.05) is 26.2 Å². The normalized spacial score (nSPS) is 22.5. The Morgan fingerprint density at radius 1 is 1.36 bits per heavy atom. The van der Waals surface area contributed by atoms with E-state index in [1.807, 2.05) is 6.07 Å². The number of piperidine rings is 1. The van der Waals surface area contributed by atoms with Crippen LogP contribution in [-0.2, 0) is 0 Å². The average molecular weight is 388 g/mol. The summed E-state index contributed by atoms with van der Waals surface area (Å²) in [5.74, 6) is 1.45. The molecule has 2 atom stereocenters. The molecule has 1 saturated heterocycles. The van der Waals surface area contributed by atoms with Crippen LogP contribution < -0.4 is 5.32 Å². The third-order valence-corrected chi connectivity index (χ3v) is 4.88. The highest BCUT2D eigenvalue weighted by atomic mass is 79.9. The highest BCUT2D eigenvalue weighted by molar-refractivity contribution is 9.10. The first kappa shape index (κ1) is 17.8. The summed E-state index contributed by atoms with van der Waals surface area (Å²) in [4.78, 5) is 14.7. The number of rotatable bonds is 5. The number of nitrogens with zero attached hydrogens (tertiary/aromatic N) is 1. The van der Waals surface area contributed by atoms with Gasteiger partial charge in [-0.3, -0.25) is 4.79 Å². The fraction of sp³-hybridized carbons (Fsp3) is 0.588. The Labute approximate surface area is 146 Å². The molecule has 1 aromatic carbocycles. The maximum absolute atomic E-state index is 12.1. The smallest absolute Gasteiger partial charge is 0.252 e. The van der Waals surface area contributed by atoms with E-state index in [-0.39, 0.29) is 5.91 Å². The quantitative estimate of drug-likeness (QED) is 0.768. The zero-order valence-electron chi connectivity index (χ0n) is 13.2. The molecule has 5 heteroatoms. The first-order valence-corrected chi connectivity index (χ1v) is 9.08. The van der Waals surface area contributed by atoms with Crippen molar-refractivity contribution in [3.05, 3.63) is 33.3 Å². The molecule has 2 rings (SSSR count). The van der Waals surface area contributed by atoms with Crippen molar-refractivity contribution in [3.8, 4) is 0 Å². The van der Waals surface area contributed by atoms with Crippen LogP contribution in [0.25, 0.3) is 0 Å². The van der Waals surface area contributed by atoms with Crippen LogP contribution >= 0.6 is 27.5 Å². The van der Waals surface area contributed by atoms with Crippen molar-refractivity contribution in [3.63, 3.8) is 0 Å². The van der Waals surface area contributed by atoms with E-state index in [1.54, 1.807) is 12.1 Å². The fourth-order valence-corrected chi connectivity index (χ4v) is 3.81. The minimum atomic E-state index is -0.105. The van der Waals surface area contributed by atoms with Crippen LogP contribution in [0.3, 0.4) is 0 Å². The summed E-state index contributed by atoms with van der Waals surface area (Å²) in [5.41, 5.74) is 0.524. The second-order valence-electron chi connectivity index (χ2n) is 6.44. The minimum absolute atomic E-state index is 0.105. The Morgan fingerprint density at radius 3 is 2.73 bits per heavy atom. The first-order chi connectivity index (χ1) is 10.5. The van der Waals surface area contributed by atoms with Gasteiger partial charge in [-0.1, -0.05) is 41.4 Å². The lowest BCUT2D eigenvalue weighted by Crippen LogP contribution is -2.40. The van der Waals surface area contributed by atoms with Gasteiger partial charge in [0.1, 0.15) is 0 Å². The van der Waals surface area contributed by atoms with Gasteiger partial charge in [0.05, 0.1) is 10.6 Å². The highest BCUT2D eigenvalue weighted by Gasteiger charge is 2.21. The van der Waals surface area contributed by atoms with E-state index in [4.69, 9.17) is 11.6 Å². The van der Waals surface area contributed by atoms with Crippen LogP contribution in [0.4, 0.5) is 0 Å². The summed E-state index contributed by atoms with van der Waals surface area (Å²) in [7, 11) is 0. The van der Waals surface area contributed by atoms with E-state index in [0.717, 1.165) is 29.3 Å². The summed E-state index contributed by atoms with van der Waals surface area (Å²) in [6.07, 6.45) is 2.30. The zero-order valence-corrected chi connectivity index (χ0v) is 15.6.